The number of hydrogen-bond acceptors (Lipinski definition) is 1. The Balaban J connectivity index is 1.69. The molecule has 0 aliphatic rings. The fourth-order valence-electron chi connectivity index (χ4n) is 3.35. The summed E-state index contributed by atoms with van der Waals surface area (Å²) in [6.07, 6.45) is 1.08. The second-order valence-corrected chi connectivity index (χ2v) is 7.83. The minimum atomic E-state index is 0.214. The summed E-state index contributed by atoms with van der Waals surface area (Å²) in [7, 11) is 0. The van der Waals surface area contributed by atoms with Gasteiger partial charge in [0.2, 0.25) is 0 Å². The van der Waals surface area contributed by atoms with Crippen LogP contribution < -0.4 is 5.32 Å². The van der Waals surface area contributed by atoms with Gasteiger partial charge < -0.3 is 5.32 Å². The van der Waals surface area contributed by atoms with Gasteiger partial charge in [-0.15, -0.1) is 0 Å². The van der Waals surface area contributed by atoms with Crippen LogP contribution in [0.4, 0.5) is 0 Å². The van der Waals surface area contributed by atoms with Crippen LogP contribution in [0.5, 0.6) is 0 Å². The zero-order chi connectivity index (χ0) is 17.9. The van der Waals surface area contributed by atoms with Gasteiger partial charge in [0.15, 0.2) is 0 Å². The smallest absolute Gasteiger partial charge is 0.0214 e. The highest BCUT2D eigenvalue weighted by Crippen LogP contribution is 2.24. The van der Waals surface area contributed by atoms with Crippen molar-refractivity contribution in [2.45, 2.75) is 52.6 Å². The SMILES string of the molecule is CCc1ccc(CNCc2ccc(C(C)(C)C)cc2)c2ccccc12. The summed E-state index contributed by atoms with van der Waals surface area (Å²) in [4.78, 5) is 0. The van der Waals surface area contributed by atoms with Crippen molar-refractivity contribution in [2.75, 3.05) is 0 Å². The van der Waals surface area contributed by atoms with Crippen LogP contribution in [0, 0.1) is 0 Å². The van der Waals surface area contributed by atoms with Crippen molar-refractivity contribution in [1.29, 1.82) is 0 Å². The molecule has 3 rings (SSSR count). The van der Waals surface area contributed by atoms with Crippen molar-refractivity contribution < 1.29 is 0 Å². The molecule has 0 spiro atoms. The van der Waals surface area contributed by atoms with Gasteiger partial charge in [0.25, 0.3) is 0 Å². The molecule has 1 N–H and O–H groups in total. The fraction of sp³-hybridized carbons (Fsp3) is 0.333. The Hall–Kier alpha value is -2.12. The van der Waals surface area contributed by atoms with Crippen LogP contribution in [0.3, 0.4) is 0 Å². The highest BCUT2D eigenvalue weighted by atomic mass is 14.8. The predicted molar refractivity (Wildman–Crippen MR) is 109 cm³/mol. The monoisotopic (exact) mass is 331 g/mol. The highest BCUT2D eigenvalue weighted by molar-refractivity contribution is 5.88. The third kappa shape index (κ3) is 4.11. The number of fused-ring (bicyclic) bond motifs is 1. The maximum Gasteiger partial charge on any atom is 0.0214 e. The van der Waals surface area contributed by atoms with E-state index in [9.17, 15) is 0 Å². The lowest BCUT2D eigenvalue weighted by atomic mass is 9.87. The Kier molecular flexibility index (Phi) is 5.24. The van der Waals surface area contributed by atoms with E-state index in [1.165, 1.54) is 33.0 Å². The molecule has 1 nitrogen and oxygen atoms in total. The van der Waals surface area contributed by atoms with Crippen molar-refractivity contribution in [1.82, 2.24) is 5.32 Å². The second-order valence-electron chi connectivity index (χ2n) is 7.83. The molecule has 0 amide bonds. The molecule has 0 fully saturated rings. The summed E-state index contributed by atoms with van der Waals surface area (Å²) >= 11 is 0. The maximum absolute atomic E-state index is 3.61. The number of benzene rings is 3. The van der Waals surface area contributed by atoms with Gasteiger partial charge >= 0.3 is 0 Å². The summed E-state index contributed by atoms with van der Waals surface area (Å²) < 4.78 is 0. The van der Waals surface area contributed by atoms with Gasteiger partial charge in [-0.25, -0.2) is 0 Å². The molecular weight excluding hydrogens is 302 g/mol. The van der Waals surface area contributed by atoms with Crippen molar-refractivity contribution >= 4 is 10.8 Å². The van der Waals surface area contributed by atoms with Gasteiger partial charge in [0.1, 0.15) is 0 Å². The Morgan fingerprint density at radius 1 is 0.720 bits per heavy atom. The molecule has 0 atom stereocenters. The number of aryl methyl sites for hydroxylation is 1. The topological polar surface area (TPSA) is 12.0 Å². The maximum atomic E-state index is 3.61. The van der Waals surface area contributed by atoms with Crippen LogP contribution in [0.15, 0.2) is 60.7 Å². The first-order valence-corrected chi connectivity index (χ1v) is 9.28. The Morgan fingerprint density at radius 3 is 1.92 bits per heavy atom. The van der Waals surface area contributed by atoms with E-state index in [0.717, 1.165) is 19.5 Å². The third-order valence-corrected chi connectivity index (χ3v) is 4.95. The zero-order valence-electron chi connectivity index (χ0n) is 15.9. The highest BCUT2D eigenvalue weighted by Gasteiger charge is 2.12. The molecule has 3 aromatic carbocycles. The molecular formula is C24H29N. The standard InChI is InChI=1S/C24H29N/c1-5-19-12-13-20(23-9-7-6-8-22(19)23)17-25-16-18-10-14-21(15-11-18)24(2,3)4/h6-15,25H,5,16-17H2,1-4H3. The van der Waals surface area contributed by atoms with Crippen LogP contribution in [0.2, 0.25) is 0 Å². The lowest BCUT2D eigenvalue weighted by Crippen LogP contribution is -2.14. The fourth-order valence-corrected chi connectivity index (χ4v) is 3.35. The lowest BCUT2D eigenvalue weighted by molar-refractivity contribution is 0.589. The molecule has 0 aliphatic heterocycles. The van der Waals surface area contributed by atoms with Gasteiger partial charge in [-0.05, 0) is 44.9 Å². The summed E-state index contributed by atoms with van der Waals surface area (Å²) in [6.45, 7) is 10.8. The Morgan fingerprint density at radius 2 is 1.32 bits per heavy atom. The first kappa shape index (κ1) is 17.7. The summed E-state index contributed by atoms with van der Waals surface area (Å²) in [5, 5.41) is 6.37. The van der Waals surface area contributed by atoms with Crippen LogP contribution in [-0.2, 0) is 24.9 Å². The van der Waals surface area contributed by atoms with Crippen LogP contribution in [0.1, 0.15) is 49.9 Å². The molecule has 0 saturated heterocycles. The lowest BCUT2D eigenvalue weighted by Gasteiger charge is -2.19. The van der Waals surface area contributed by atoms with Gasteiger partial charge in [-0.3, -0.25) is 0 Å². The van der Waals surface area contributed by atoms with Crippen molar-refractivity contribution in [3.8, 4) is 0 Å². The number of rotatable bonds is 5. The van der Waals surface area contributed by atoms with Crippen LogP contribution >= 0.6 is 0 Å². The van der Waals surface area contributed by atoms with E-state index in [-0.39, 0.29) is 5.41 Å². The van der Waals surface area contributed by atoms with Gasteiger partial charge in [0.05, 0.1) is 0 Å². The first-order valence-electron chi connectivity index (χ1n) is 9.28. The number of nitrogens with one attached hydrogen (secondary N) is 1. The summed E-state index contributed by atoms with van der Waals surface area (Å²) in [5.41, 5.74) is 5.74. The van der Waals surface area contributed by atoms with E-state index in [0.29, 0.717) is 0 Å². The van der Waals surface area contributed by atoms with E-state index in [1.807, 2.05) is 0 Å². The average molecular weight is 332 g/mol. The Labute approximate surface area is 152 Å². The molecule has 3 aromatic rings. The molecule has 130 valence electrons. The summed E-state index contributed by atoms with van der Waals surface area (Å²) in [5.74, 6) is 0. The van der Waals surface area contributed by atoms with Gasteiger partial charge in [-0.1, -0.05) is 88.4 Å². The van der Waals surface area contributed by atoms with Crippen molar-refractivity contribution in [3.05, 3.63) is 82.9 Å². The molecule has 1 heteroatoms. The van der Waals surface area contributed by atoms with E-state index < -0.39 is 0 Å². The largest absolute Gasteiger partial charge is 0.309 e. The normalized spacial score (nSPS) is 11.8. The summed E-state index contributed by atoms with van der Waals surface area (Å²) in [6, 6.07) is 22.3. The van der Waals surface area contributed by atoms with Crippen molar-refractivity contribution in [3.63, 3.8) is 0 Å². The third-order valence-electron chi connectivity index (χ3n) is 4.95. The quantitative estimate of drug-likeness (QED) is 0.605. The molecule has 25 heavy (non-hydrogen) atoms. The van der Waals surface area contributed by atoms with E-state index >= 15 is 0 Å². The van der Waals surface area contributed by atoms with Gasteiger partial charge in [0, 0.05) is 13.1 Å². The predicted octanol–water partition coefficient (Wildman–Crippen LogP) is 5.99. The zero-order valence-corrected chi connectivity index (χ0v) is 15.9. The molecule has 0 bridgehead atoms. The van der Waals surface area contributed by atoms with Gasteiger partial charge in [-0.2, -0.15) is 0 Å². The molecule has 0 aromatic heterocycles. The number of hydrogen-bond donors (Lipinski definition) is 1. The van der Waals surface area contributed by atoms with Crippen LogP contribution in [-0.4, -0.2) is 0 Å². The second kappa shape index (κ2) is 7.41. The molecule has 0 aliphatic carbocycles. The minimum Gasteiger partial charge on any atom is -0.309 e. The molecule has 0 radical (unpaired) electrons. The molecule has 0 unspecified atom stereocenters. The minimum absolute atomic E-state index is 0.214. The first-order chi connectivity index (χ1) is 12.0. The van der Waals surface area contributed by atoms with E-state index in [2.05, 4.69) is 93.7 Å². The van der Waals surface area contributed by atoms with E-state index in [4.69, 9.17) is 0 Å². The molecule has 0 saturated carbocycles. The van der Waals surface area contributed by atoms with E-state index in [1.54, 1.807) is 0 Å². The molecule has 0 heterocycles. The Bertz CT molecular complexity index is 838. The average Bonchev–Trinajstić information content (AvgIpc) is 2.61. The van der Waals surface area contributed by atoms with Crippen LogP contribution in [0.25, 0.3) is 10.8 Å². The van der Waals surface area contributed by atoms with Crippen molar-refractivity contribution in [2.24, 2.45) is 0 Å².